The average molecular weight is 421 g/mol. The number of rotatable bonds is 7. The second kappa shape index (κ2) is 9.76. The molecule has 7 nitrogen and oxygen atoms in total. The second-order valence-electron chi connectivity index (χ2n) is 7.73. The van der Waals surface area contributed by atoms with Gasteiger partial charge < -0.3 is 19.9 Å². The van der Waals surface area contributed by atoms with Crippen LogP contribution >= 0.6 is 0 Å². The zero-order valence-corrected chi connectivity index (χ0v) is 17.9. The van der Waals surface area contributed by atoms with Gasteiger partial charge in [-0.05, 0) is 55.7 Å². The van der Waals surface area contributed by atoms with Gasteiger partial charge in [0.1, 0.15) is 18.2 Å². The van der Waals surface area contributed by atoms with E-state index in [-0.39, 0.29) is 11.9 Å². The summed E-state index contributed by atoms with van der Waals surface area (Å²) in [4.78, 5) is 25.6. The van der Waals surface area contributed by atoms with Gasteiger partial charge in [0.2, 0.25) is 0 Å². The zero-order chi connectivity index (χ0) is 21.6. The van der Waals surface area contributed by atoms with E-state index >= 15 is 0 Å². The number of aryl methyl sites for hydroxylation is 1. The molecule has 2 N–H and O–H groups in total. The number of hydrogen-bond donors (Lipinski definition) is 2. The predicted molar refractivity (Wildman–Crippen MR) is 120 cm³/mol. The van der Waals surface area contributed by atoms with Crippen molar-refractivity contribution >= 4 is 11.6 Å². The number of benzene rings is 2. The molecule has 1 atom stereocenters. The molecule has 4 rings (SSSR count). The molecule has 1 aliphatic heterocycles. The van der Waals surface area contributed by atoms with Crippen LogP contribution in [0.2, 0.25) is 0 Å². The Bertz CT molecular complexity index is 1000. The van der Waals surface area contributed by atoms with Crippen LogP contribution in [0.15, 0.2) is 54.9 Å². The van der Waals surface area contributed by atoms with Crippen molar-refractivity contribution in [2.45, 2.75) is 32.2 Å². The van der Waals surface area contributed by atoms with Crippen LogP contribution in [0.5, 0.6) is 5.75 Å². The molecule has 0 spiro atoms. The number of carbonyl (C=O) groups excluding carboxylic acids is 1. The molecule has 0 aliphatic carbocycles. The van der Waals surface area contributed by atoms with Crippen molar-refractivity contribution in [1.82, 2.24) is 15.0 Å². The summed E-state index contributed by atoms with van der Waals surface area (Å²) in [5.74, 6) is 1.35. The van der Waals surface area contributed by atoms with E-state index in [0.29, 0.717) is 12.2 Å². The summed E-state index contributed by atoms with van der Waals surface area (Å²) >= 11 is 0. The molecule has 1 aromatic heterocycles. The lowest BCUT2D eigenvalue weighted by Crippen LogP contribution is -2.42. The van der Waals surface area contributed by atoms with Gasteiger partial charge in [0, 0.05) is 35.8 Å². The number of ether oxygens (including phenoxy) is 1. The quantitative estimate of drug-likeness (QED) is 0.591. The first kappa shape index (κ1) is 21.1. The van der Waals surface area contributed by atoms with Crippen molar-refractivity contribution in [3.8, 4) is 17.1 Å². The maximum Gasteiger partial charge on any atom is 0.255 e. The Hall–Kier alpha value is -3.16. The summed E-state index contributed by atoms with van der Waals surface area (Å²) in [5.41, 5.74) is 3.24. The number of anilines is 1. The van der Waals surface area contributed by atoms with Gasteiger partial charge in [-0.15, -0.1) is 0 Å². The van der Waals surface area contributed by atoms with Crippen molar-refractivity contribution in [3.05, 3.63) is 66.0 Å². The maximum atomic E-state index is 12.8. The van der Waals surface area contributed by atoms with Crippen LogP contribution in [-0.4, -0.2) is 47.2 Å². The first-order chi connectivity index (χ1) is 15.1. The summed E-state index contributed by atoms with van der Waals surface area (Å²) < 4.78 is 5.94. The molecule has 1 unspecified atom stereocenters. The Morgan fingerprint density at radius 2 is 2.06 bits per heavy atom. The Kier molecular flexibility index (Phi) is 6.64. The molecule has 1 amide bonds. The van der Waals surface area contributed by atoms with Gasteiger partial charge in [-0.1, -0.05) is 18.6 Å². The third-order valence-corrected chi connectivity index (χ3v) is 5.62. The number of amides is 1. The number of H-pyrrole nitrogens is 1. The van der Waals surface area contributed by atoms with E-state index in [0.717, 1.165) is 47.8 Å². The number of carbonyl (C=O) groups is 1. The molecule has 1 aliphatic rings. The number of nitrogens with one attached hydrogen (secondary N) is 2. The highest BCUT2D eigenvalue weighted by atomic mass is 16.7. The molecule has 2 aromatic carbocycles. The Morgan fingerprint density at radius 1 is 1.23 bits per heavy atom. The number of imidazole rings is 1. The summed E-state index contributed by atoms with van der Waals surface area (Å²) in [5, 5.41) is 4.99. The first-order valence-electron chi connectivity index (χ1n) is 10.6. The Morgan fingerprint density at radius 3 is 2.81 bits per heavy atom. The zero-order valence-electron chi connectivity index (χ0n) is 17.9. The molecule has 31 heavy (non-hydrogen) atoms. The fourth-order valence-electron chi connectivity index (χ4n) is 3.80. The van der Waals surface area contributed by atoms with E-state index in [9.17, 15) is 4.79 Å². The minimum Gasteiger partial charge on any atom is -0.492 e. The van der Waals surface area contributed by atoms with E-state index in [1.807, 2.05) is 42.3 Å². The second-order valence-corrected chi connectivity index (χ2v) is 7.73. The molecule has 2 heterocycles. The number of hydroxylamine groups is 2. The van der Waals surface area contributed by atoms with Crippen molar-refractivity contribution < 1.29 is 14.4 Å². The molecular formula is C24H28N4O3. The van der Waals surface area contributed by atoms with E-state index in [2.05, 4.69) is 15.3 Å². The number of hydrogen-bond acceptors (Lipinski definition) is 5. The smallest absolute Gasteiger partial charge is 0.255 e. The van der Waals surface area contributed by atoms with Crippen molar-refractivity contribution in [2.24, 2.45) is 0 Å². The van der Waals surface area contributed by atoms with E-state index < -0.39 is 0 Å². The fraction of sp³-hybridized carbons (Fsp3) is 0.333. The first-order valence-corrected chi connectivity index (χ1v) is 10.6. The summed E-state index contributed by atoms with van der Waals surface area (Å²) in [7, 11) is 1.71. The van der Waals surface area contributed by atoms with Crippen LogP contribution < -0.4 is 10.1 Å². The van der Waals surface area contributed by atoms with Crippen LogP contribution in [0.3, 0.4) is 0 Å². The monoisotopic (exact) mass is 420 g/mol. The third kappa shape index (κ3) is 5.13. The van der Waals surface area contributed by atoms with Gasteiger partial charge in [0.25, 0.3) is 5.91 Å². The highest BCUT2D eigenvalue weighted by Crippen LogP contribution is 2.24. The van der Waals surface area contributed by atoms with Crippen LogP contribution in [0.25, 0.3) is 11.4 Å². The summed E-state index contributed by atoms with van der Waals surface area (Å²) in [6, 6.07) is 13.4. The average Bonchev–Trinajstić information content (AvgIpc) is 3.34. The minimum atomic E-state index is -0.163. The number of piperidine rings is 1. The molecule has 3 aromatic rings. The molecule has 0 saturated carbocycles. The van der Waals surface area contributed by atoms with Gasteiger partial charge >= 0.3 is 0 Å². The topological polar surface area (TPSA) is 79.5 Å². The summed E-state index contributed by atoms with van der Waals surface area (Å²) in [6.45, 7) is 3.47. The lowest BCUT2D eigenvalue weighted by atomic mass is 10.1. The molecule has 1 saturated heterocycles. The van der Waals surface area contributed by atoms with E-state index in [1.54, 1.807) is 31.6 Å². The molecule has 0 radical (unpaired) electrons. The van der Waals surface area contributed by atoms with E-state index in [1.165, 1.54) is 6.42 Å². The fourth-order valence-corrected chi connectivity index (χ4v) is 3.80. The largest absolute Gasteiger partial charge is 0.492 e. The van der Waals surface area contributed by atoms with Crippen LogP contribution in [0, 0.1) is 6.92 Å². The Balaban J connectivity index is 1.38. The number of aromatic nitrogens is 2. The standard InChI is InChI=1S/C24H28N4O3/c1-17-6-7-19(23-25-12-13-26-23)15-22(17)27-24(29)18-8-10-21(11-9-18)31-16-20-5-3-4-14-28(20)30-2/h6-13,15,20H,3-5,14,16H2,1-2H3,(H,25,26)(H,27,29). The number of aromatic amines is 1. The highest BCUT2D eigenvalue weighted by molar-refractivity contribution is 6.05. The van der Waals surface area contributed by atoms with Crippen LogP contribution in [0.4, 0.5) is 5.69 Å². The number of nitrogens with zero attached hydrogens (tertiary/aromatic N) is 2. The van der Waals surface area contributed by atoms with Crippen LogP contribution in [0.1, 0.15) is 35.2 Å². The highest BCUT2D eigenvalue weighted by Gasteiger charge is 2.23. The lowest BCUT2D eigenvalue weighted by Gasteiger charge is -2.33. The van der Waals surface area contributed by atoms with Crippen molar-refractivity contribution in [1.29, 1.82) is 0 Å². The lowest BCUT2D eigenvalue weighted by molar-refractivity contribution is -0.180. The Labute approximate surface area is 182 Å². The molecule has 1 fully saturated rings. The molecule has 162 valence electrons. The summed E-state index contributed by atoms with van der Waals surface area (Å²) in [6.07, 6.45) is 6.88. The van der Waals surface area contributed by atoms with Gasteiger partial charge in [-0.2, -0.15) is 5.06 Å². The maximum absolute atomic E-state index is 12.8. The molecule has 0 bridgehead atoms. The predicted octanol–water partition coefficient (Wildman–Crippen LogP) is 4.43. The minimum absolute atomic E-state index is 0.163. The van der Waals surface area contributed by atoms with Gasteiger partial charge in [0.05, 0.1) is 13.2 Å². The SMILES string of the molecule is CON1CCCCC1COc1ccc(C(=O)Nc2cc(-c3ncc[nH]3)ccc2C)cc1. The van der Waals surface area contributed by atoms with Crippen molar-refractivity contribution in [3.63, 3.8) is 0 Å². The normalized spacial score (nSPS) is 16.8. The van der Waals surface area contributed by atoms with E-state index in [4.69, 9.17) is 9.57 Å². The molecular weight excluding hydrogens is 392 g/mol. The van der Waals surface area contributed by atoms with Crippen LogP contribution in [-0.2, 0) is 4.84 Å². The van der Waals surface area contributed by atoms with Crippen molar-refractivity contribution in [2.75, 3.05) is 25.6 Å². The third-order valence-electron chi connectivity index (χ3n) is 5.62. The molecule has 7 heteroatoms. The van der Waals surface area contributed by atoms with Gasteiger partial charge in [-0.3, -0.25) is 4.79 Å². The van der Waals surface area contributed by atoms with Gasteiger partial charge in [-0.25, -0.2) is 4.98 Å². The van der Waals surface area contributed by atoms with Gasteiger partial charge in [0.15, 0.2) is 0 Å².